The molecule has 0 atom stereocenters. The highest BCUT2D eigenvalue weighted by Crippen LogP contribution is 2.17. The molecule has 1 saturated carbocycles. The van der Waals surface area contributed by atoms with Gasteiger partial charge in [-0.1, -0.05) is 12.8 Å². The number of hydrogen-bond donors (Lipinski definition) is 1. The van der Waals surface area contributed by atoms with Gasteiger partial charge in [0.15, 0.2) is 0 Å². The molecule has 0 unspecified atom stereocenters. The van der Waals surface area contributed by atoms with E-state index in [2.05, 4.69) is 10.3 Å². The zero-order valence-electron chi connectivity index (χ0n) is 11.5. The SMILES string of the molecule is O=C(Cn1cnc2cc(F)ccc2c1=O)NC1CCCC1. The Morgan fingerprint density at radius 2 is 2.14 bits per heavy atom. The monoisotopic (exact) mass is 289 g/mol. The summed E-state index contributed by atoms with van der Waals surface area (Å²) in [5.41, 5.74) is -0.0333. The molecule has 0 saturated heterocycles. The summed E-state index contributed by atoms with van der Waals surface area (Å²) in [6, 6.07) is 4.04. The Kier molecular flexibility index (Phi) is 3.68. The number of rotatable bonds is 3. The minimum absolute atomic E-state index is 0.0599. The molecule has 1 aromatic heterocycles. The average molecular weight is 289 g/mol. The van der Waals surface area contributed by atoms with Crippen LogP contribution in [0.4, 0.5) is 4.39 Å². The van der Waals surface area contributed by atoms with E-state index in [1.165, 1.54) is 29.1 Å². The Labute approximate surface area is 120 Å². The van der Waals surface area contributed by atoms with Crippen molar-refractivity contribution in [2.24, 2.45) is 0 Å². The van der Waals surface area contributed by atoms with Crippen LogP contribution >= 0.6 is 0 Å². The van der Waals surface area contributed by atoms with Crippen LogP contribution in [0, 0.1) is 5.82 Å². The largest absolute Gasteiger partial charge is 0.352 e. The lowest BCUT2D eigenvalue weighted by Crippen LogP contribution is -2.37. The highest BCUT2D eigenvalue weighted by molar-refractivity contribution is 5.79. The first kappa shape index (κ1) is 13.7. The molecule has 110 valence electrons. The fourth-order valence-electron chi connectivity index (χ4n) is 2.74. The van der Waals surface area contributed by atoms with Crippen LogP contribution in [-0.4, -0.2) is 21.5 Å². The highest BCUT2D eigenvalue weighted by Gasteiger charge is 2.17. The van der Waals surface area contributed by atoms with Gasteiger partial charge in [0.1, 0.15) is 12.4 Å². The summed E-state index contributed by atoms with van der Waals surface area (Å²) in [7, 11) is 0. The van der Waals surface area contributed by atoms with Gasteiger partial charge in [-0.05, 0) is 25.0 Å². The lowest BCUT2D eigenvalue weighted by Gasteiger charge is -2.12. The van der Waals surface area contributed by atoms with Crippen LogP contribution in [0.15, 0.2) is 29.3 Å². The van der Waals surface area contributed by atoms with Gasteiger partial charge < -0.3 is 5.32 Å². The van der Waals surface area contributed by atoms with Crippen LogP contribution < -0.4 is 10.9 Å². The first-order valence-corrected chi connectivity index (χ1v) is 7.07. The number of amides is 1. The number of hydrogen-bond acceptors (Lipinski definition) is 3. The molecule has 1 heterocycles. The number of aromatic nitrogens is 2. The molecule has 1 fully saturated rings. The van der Waals surface area contributed by atoms with Gasteiger partial charge >= 0.3 is 0 Å². The number of carbonyl (C=O) groups excluding carboxylic acids is 1. The summed E-state index contributed by atoms with van der Waals surface area (Å²) in [6.45, 7) is -0.0599. The van der Waals surface area contributed by atoms with Crippen molar-refractivity contribution in [2.75, 3.05) is 0 Å². The fraction of sp³-hybridized carbons (Fsp3) is 0.400. The Morgan fingerprint density at radius 1 is 1.38 bits per heavy atom. The minimum Gasteiger partial charge on any atom is -0.352 e. The van der Waals surface area contributed by atoms with Gasteiger partial charge in [-0.15, -0.1) is 0 Å². The molecule has 0 bridgehead atoms. The average Bonchev–Trinajstić information content (AvgIpc) is 2.94. The van der Waals surface area contributed by atoms with Crippen LogP contribution in [0.1, 0.15) is 25.7 Å². The summed E-state index contributed by atoms with van der Waals surface area (Å²) in [5.74, 6) is -0.626. The Morgan fingerprint density at radius 3 is 2.90 bits per heavy atom. The number of nitrogens with zero attached hydrogens (tertiary/aromatic N) is 2. The molecule has 6 heteroatoms. The lowest BCUT2D eigenvalue weighted by molar-refractivity contribution is -0.122. The second kappa shape index (κ2) is 5.63. The van der Waals surface area contributed by atoms with Gasteiger partial charge in [0.25, 0.3) is 5.56 Å². The summed E-state index contributed by atoms with van der Waals surface area (Å²) in [5, 5.41) is 3.24. The van der Waals surface area contributed by atoms with Crippen LogP contribution in [0.2, 0.25) is 0 Å². The molecule has 1 aliphatic rings. The van der Waals surface area contributed by atoms with E-state index < -0.39 is 5.82 Å². The van der Waals surface area contributed by atoms with E-state index in [0.29, 0.717) is 10.9 Å². The Hall–Kier alpha value is -2.24. The second-order valence-corrected chi connectivity index (χ2v) is 5.39. The number of fused-ring (bicyclic) bond motifs is 1. The van der Waals surface area contributed by atoms with Crippen molar-refractivity contribution in [2.45, 2.75) is 38.3 Å². The van der Waals surface area contributed by atoms with Gasteiger partial charge in [0.2, 0.25) is 5.91 Å². The molecule has 5 nitrogen and oxygen atoms in total. The molecule has 1 aromatic carbocycles. The molecule has 1 amide bonds. The van der Waals surface area contributed by atoms with Crippen molar-refractivity contribution in [3.63, 3.8) is 0 Å². The third kappa shape index (κ3) is 2.94. The van der Waals surface area contributed by atoms with E-state index in [1.807, 2.05) is 0 Å². The maximum Gasteiger partial charge on any atom is 0.261 e. The maximum atomic E-state index is 13.1. The van der Waals surface area contributed by atoms with Crippen LogP contribution in [0.25, 0.3) is 10.9 Å². The van der Waals surface area contributed by atoms with Gasteiger partial charge in [0, 0.05) is 12.1 Å². The van der Waals surface area contributed by atoms with E-state index in [-0.39, 0.29) is 24.1 Å². The van der Waals surface area contributed by atoms with E-state index in [1.54, 1.807) is 0 Å². The van der Waals surface area contributed by atoms with Crippen molar-refractivity contribution >= 4 is 16.8 Å². The topological polar surface area (TPSA) is 64.0 Å². The van der Waals surface area contributed by atoms with E-state index >= 15 is 0 Å². The van der Waals surface area contributed by atoms with Gasteiger partial charge in [-0.3, -0.25) is 14.2 Å². The fourth-order valence-corrected chi connectivity index (χ4v) is 2.74. The highest BCUT2D eigenvalue weighted by atomic mass is 19.1. The predicted octanol–water partition coefficient (Wildman–Crippen LogP) is 1.59. The molecular weight excluding hydrogens is 273 g/mol. The first-order valence-electron chi connectivity index (χ1n) is 7.07. The zero-order valence-corrected chi connectivity index (χ0v) is 11.5. The number of carbonyl (C=O) groups is 1. The molecule has 0 radical (unpaired) electrons. The predicted molar refractivity (Wildman–Crippen MR) is 76.4 cm³/mol. The lowest BCUT2D eigenvalue weighted by atomic mass is 10.2. The first-order chi connectivity index (χ1) is 10.1. The van der Waals surface area contributed by atoms with Crippen molar-refractivity contribution < 1.29 is 9.18 Å². The van der Waals surface area contributed by atoms with E-state index in [0.717, 1.165) is 25.7 Å². The summed E-state index contributed by atoms with van der Waals surface area (Å²) in [4.78, 5) is 28.2. The number of nitrogens with one attached hydrogen (secondary N) is 1. The molecule has 1 N–H and O–H groups in total. The Bertz CT molecular complexity index is 735. The smallest absolute Gasteiger partial charge is 0.261 e. The zero-order chi connectivity index (χ0) is 14.8. The molecule has 2 aromatic rings. The van der Waals surface area contributed by atoms with Gasteiger partial charge in [0.05, 0.1) is 17.2 Å². The summed E-state index contributed by atoms with van der Waals surface area (Å²) in [6.07, 6.45) is 5.55. The second-order valence-electron chi connectivity index (χ2n) is 5.39. The molecule has 0 aliphatic heterocycles. The van der Waals surface area contributed by atoms with Crippen LogP contribution in [0.3, 0.4) is 0 Å². The molecule has 0 spiro atoms. The summed E-state index contributed by atoms with van der Waals surface area (Å²) < 4.78 is 14.3. The summed E-state index contributed by atoms with van der Waals surface area (Å²) >= 11 is 0. The Balaban J connectivity index is 1.80. The maximum absolute atomic E-state index is 13.1. The van der Waals surface area contributed by atoms with Crippen molar-refractivity contribution in [1.82, 2.24) is 14.9 Å². The van der Waals surface area contributed by atoms with Crippen molar-refractivity contribution in [1.29, 1.82) is 0 Å². The van der Waals surface area contributed by atoms with Crippen molar-refractivity contribution in [3.05, 3.63) is 40.7 Å². The molecule has 3 rings (SSSR count). The number of halogens is 1. The minimum atomic E-state index is -0.439. The van der Waals surface area contributed by atoms with Crippen LogP contribution in [0.5, 0.6) is 0 Å². The third-order valence-corrected chi connectivity index (χ3v) is 3.82. The van der Waals surface area contributed by atoms with Crippen molar-refractivity contribution in [3.8, 4) is 0 Å². The van der Waals surface area contributed by atoms with Gasteiger partial charge in [-0.2, -0.15) is 0 Å². The molecular formula is C15H16FN3O2. The quantitative estimate of drug-likeness (QED) is 0.933. The third-order valence-electron chi connectivity index (χ3n) is 3.82. The van der Waals surface area contributed by atoms with E-state index in [4.69, 9.17) is 0 Å². The number of benzene rings is 1. The van der Waals surface area contributed by atoms with E-state index in [9.17, 15) is 14.0 Å². The molecule has 21 heavy (non-hydrogen) atoms. The standard InChI is InChI=1S/C15H16FN3O2/c16-10-5-6-12-13(7-10)17-9-19(15(12)21)8-14(20)18-11-3-1-2-4-11/h5-7,9,11H,1-4,8H2,(H,18,20). The normalized spacial score (nSPS) is 15.5. The van der Waals surface area contributed by atoms with Gasteiger partial charge in [-0.25, -0.2) is 9.37 Å². The van der Waals surface area contributed by atoms with Crippen LogP contribution in [-0.2, 0) is 11.3 Å². The molecule has 1 aliphatic carbocycles.